The number of non-ortho nitro benzene ring substituents is 1. The summed E-state index contributed by atoms with van der Waals surface area (Å²) >= 11 is 0. The second-order valence-corrected chi connectivity index (χ2v) is 5.60. The van der Waals surface area contributed by atoms with Crippen molar-refractivity contribution >= 4 is 17.6 Å². The molecule has 0 spiro atoms. The van der Waals surface area contributed by atoms with Gasteiger partial charge in [-0.3, -0.25) is 14.9 Å². The summed E-state index contributed by atoms with van der Waals surface area (Å²) in [6, 6.07) is 5.98. The van der Waals surface area contributed by atoms with Crippen molar-refractivity contribution < 1.29 is 19.2 Å². The second kappa shape index (κ2) is 5.83. The van der Waals surface area contributed by atoms with Gasteiger partial charge >= 0.3 is 5.97 Å². The lowest BCUT2D eigenvalue weighted by Crippen LogP contribution is -2.48. The number of carbonyl (C=O) groups is 2. The highest BCUT2D eigenvalue weighted by Crippen LogP contribution is 2.40. The van der Waals surface area contributed by atoms with Crippen molar-refractivity contribution in [1.29, 1.82) is 0 Å². The van der Waals surface area contributed by atoms with Crippen molar-refractivity contribution in [1.82, 2.24) is 4.90 Å². The van der Waals surface area contributed by atoms with Crippen LogP contribution in [0, 0.1) is 10.1 Å². The first-order valence-corrected chi connectivity index (χ1v) is 7.45. The number of amides is 1. The van der Waals surface area contributed by atoms with Gasteiger partial charge < -0.3 is 9.64 Å². The molecule has 1 aromatic carbocycles. The monoisotopic (exact) mass is 316 g/mol. The molecule has 2 heterocycles. The van der Waals surface area contributed by atoms with E-state index in [0.29, 0.717) is 30.4 Å². The summed E-state index contributed by atoms with van der Waals surface area (Å²) in [5.41, 5.74) is 2.01. The fourth-order valence-electron chi connectivity index (χ4n) is 3.05. The number of nitrogens with zero attached hydrogens (tertiary/aromatic N) is 2. The summed E-state index contributed by atoms with van der Waals surface area (Å²) in [4.78, 5) is 35.7. The fourth-order valence-corrected chi connectivity index (χ4v) is 3.05. The summed E-state index contributed by atoms with van der Waals surface area (Å²) in [6.07, 6.45) is 1.65. The van der Waals surface area contributed by atoms with E-state index in [2.05, 4.69) is 0 Å². The number of hydrogen-bond acceptors (Lipinski definition) is 5. The normalized spacial score (nSPS) is 19.4. The van der Waals surface area contributed by atoms with Gasteiger partial charge in [-0.1, -0.05) is 6.92 Å². The Kier molecular flexibility index (Phi) is 3.85. The molecule has 7 heteroatoms. The maximum atomic E-state index is 12.3. The number of rotatable bonds is 5. The van der Waals surface area contributed by atoms with Crippen LogP contribution in [0.25, 0.3) is 0 Å². The van der Waals surface area contributed by atoms with E-state index in [0.717, 1.165) is 5.70 Å². The van der Waals surface area contributed by atoms with E-state index < -0.39 is 10.9 Å². The Labute approximate surface area is 132 Å². The quantitative estimate of drug-likeness (QED) is 0.360. The van der Waals surface area contributed by atoms with Crippen LogP contribution in [0.2, 0.25) is 0 Å². The van der Waals surface area contributed by atoms with Gasteiger partial charge in [0.05, 0.1) is 10.5 Å². The first kappa shape index (κ1) is 15.2. The van der Waals surface area contributed by atoms with Crippen LogP contribution < -0.4 is 0 Å². The number of ether oxygens (including phenoxy) is 1. The third-order valence-electron chi connectivity index (χ3n) is 4.22. The van der Waals surface area contributed by atoms with E-state index in [1.165, 1.54) is 12.1 Å². The number of fused-ring (bicyclic) bond motifs is 1. The van der Waals surface area contributed by atoms with Crippen LogP contribution in [-0.4, -0.2) is 27.7 Å². The Morgan fingerprint density at radius 3 is 2.61 bits per heavy atom. The van der Waals surface area contributed by atoms with E-state index in [1.54, 1.807) is 17.0 Å². The highest BCUT2D eigenvalue weighted by atomic mass is 16.6. The maximum absolute atomic E-state index is 12.3. The molecule has 0 radical (unpaired) electrons. The van der Waals surface area contributed by atoms with Crippen molar-refractivity contribution in [3.05, 3.63) is 51.2 Å². The van der Waals surface area contributed by atoms with E-state index in [4.69, 9.17) is 4.74 Å². The first-order valence-electron chi connectivity index (χ1n) is 7.45. The number of β-lactam (4-membered cyclic amide) rings is 1. The molecule has 3 rings (SSSR count). The summed E-state index contributed by atoms with van der Waals surface area (Å²) in [5.74, 6) is -0.354. The minimum Gasteiger partial charge on any atom is -0.457 e. The Bertz CT molecular complexity index is 708. The third-order valence-corrected chi connectivity index (χ3v) is 4.22. The topological polar surface area (TPSA) is 89.7 Å². The molecule has 1 amide bonds. The maximum Gasteiger partial charge on any atom is 0.336 e. The van der Waals surface area contributed by atoms with Crippen molar-refractivity contribution in [3.63, 3.8) is 0 Å². The zero-order chi connectivity index (χ0) is 16.6. The molecule has 2 aliphatic heterocycles. The van der Waals surface area contributed by atoms with Crippen LogP contribution in [0.5, 0.6) is 0 Å². The van der Waals surface area contributed by atoms with Crippen LogP contribution in [0.4, 0.5) is 5.69 Å². The average molecular weight is 316 g/mol. The number of hydrogen-bond donors (Lipinski definition) is 0. The number of nitro groups is 1. The Morgan fingerprint density at radius 1 is 1.35 bits per heavy atom. The summed E-state index contributed by atoms with van der Waals surface area (Å²) in [7, 11) is 0. The molecule has 120 valence electrons. The molecule has 1 fully saturated rings. The summed E-state index contributed by atoms with van der Waals surface area (Å²) < 4.78 is 5.30. The molecular weight excluding hydrogens is 300 g/mol. The standard InChI is InChI=1S/C16H16N2O5/c1-2-14-13(7-12-8-15(19)17(12)14)16(20)23-9-10-3-5-11(6-4-10)18(21)22/h3-6,12H,2,7-9H2,1H3. The largest absolute Gasteiger partial charge is 0.457 e. The van der Waals surface area contributed by atoms with E-state index in [1.807, 2.05) is 6.92 Å². The van der Waals surface area contributed by atoms with Gasteiger partial charge in [-0.15, -0.1) is 0 Å². The van der Waals surface area contributed by atoms with Crippen molar-refractivity contribution in [3.8, 4) is 0 Å². The summed E-state index contributed by atoms with van der Waals surface area (Å²) in [6.45, 7) is 1.96. The molecule has 1 aromatic rings. The first-order chi connectivity index (χ1) is 11.0. The lowest BCUT2D eigenvalue weighted by molar-refractivity contribution is -0.384. The molecule has 0 saturated carbocycles. The van der Waals surface area contributed by atoms with Gasteiger partial charge in [0.15, 0.2) is 0 Å². The predicted octanol–water partition coefficient (Wildman–Crippen LogP) is 2.31. The molecule has 0 bridgehead atoms. The molecule has 0 N–H and O–H groups in total. The van der Waals surface area contributed by atoms with Crippen LogP contribution in [-0.2, 0) is 20.9 Å². The van der Waals surface area contributed by atoms with E-state index >= 15 is 0 Å². The smallest absolute Gasteiger partial charge is 0.336 e. The summed E-state index contributed by atoms with van der Waals surface area (Å²) in [5, 5.41) is 10.6. The molecule has 2 aliphatic rings. The third kappa shape index (κ3) is 2.69. The minimum atomic E-state index is -0.478. The number of benzene rings is 1. The van der Waals surface area contributed by atoms with Crippen LogP contribution in [0.15, 0.2) is 35.5 Å². The Hall–Kier alpha value is -2.70. The van der Waals surface area contributed by atoms with Gasteiger partial charge in [0, 0.05) is 36.7 Å². The van der Waals surface area contributed by atoms with Gasteiger partial charge in [0.25, 0.3) is 5.69 Å². The van der Waals surface area contributed by atoms with Crippen LogP contribution in [0.3, 0.4) is 0 Å². The van der Waals surface area contributed by atoms with E-state index in [9.17, 15) is 19.7 Å². The number of esters is 1. The molecule has 7 nitrogen and oxygen atoms in total. The minimum absolute atomic E-state index is 0.00488. The molecule has 0 aliphatic carbocycles. The molecule has 0 aromatic heterocycles. The highest BCUT2D eigenvalue weighted by molar-refractivity contribution is 5.95. The number of nitro benzene ring substituents is 1. The van der Waals surface area contributed by atoms with E-state index in [-0.39, 0.29) is 24.2 Å². The Balaban J connectivity index is 1.65. The molecule has 1 atom stereocenters. The van der Waals surface area contributed by atoms with Crippen LogP contribution in [0.1, 0.15) is 31.7 Å². The Morgan fingerprint density at radius 2 is 2.04 bits per heavy atom. The average Bonchev–Trinajstić information content (AvgIpc) is 2.85. The van der Waals surface area contributed by atoms with Gasteiger partial charge in [-0.2, -0.15) is 0 Å². The van der Waals surface area contributed by atoms with Gasteiger partial charge in [-0.05, 0) is 24.1 Å². The lowest BCUT2D eigenvalue weighted by Gasteiger charge is -2.36. The zero-order valence-electron chi connectivity index (χ0n) is 12.7. The fraction of sp³-hybridized carbons (Fsp3) is 0.375. The number of carbonyl (C=O) groups excluding carboxylic acids is 2. The second-order valence-electron chi connectivity index (χ2n) is 5.60. The number of allylic oxidation sites excluding steroid dienone is 1. The van der Waals surface area contributed by atoms with Crippen molar-refractivity contribution in [2.45, 2.75) is 38.8 Å². The van der Waals surface area contributed by atoms with Crippen LogP contribution >= 0.6 is 0 Å². The molecular formula is C16H16N2O5. The van der Waals surface area contributed by atoms with Crippen molar-refractivity contribution in [2.24, 2.45) is 0 Å². The zero-order valence-corrected chi connectivity index (χ0v) is 12.7. The lowest BCUT2D eigenvalue weighted by atomic mass is 10.0. The highest BCUT2D eigenvalue weighted by Gasteiger charge is 2.46. The SMILES string of the molecule is CCC1=C(C(=O)OCc2ccc([N+](=O)[O-])cc2)CC2CC(=O)N12. The van der Waals surface area contributed by atoms with Gasteiger partial charge in [0.1, 0.15) is 6.61 Å². The van der Waals surface area contributed by atoms with Gasteiger partial charge in [-0.25, -0.2) is 4.79 Å². The van der Waals surface area contributed by atoms with Gasteiger partial charge in [0.2, 0.25) is 5.91 Å². The molecule has 23 heavy (non-hydrogen) atoms. The predicted molar refractivity (Wildman–Crippen MR) is 80.1 cm³/mol. The van der Waals surface area contributed by atoms with Crippen molar-refractivity contribution in [2.75, 3.05) is 0 Å². The molecule has 1 saturated heterocycles. The molecule has 1 unspecified atom stereocenters.